The smallest absolute Gasteiger partial charge is 0.246 e. The molecule has 0 unspecified atom stereocenters. The van der Waals surface area contributed by atoms with Gasteiger partial charge < -0.3 is 15.2 Å². The molecule has 1 aliphatic heterocycles. The first kappa shape index (κ1) is 14.4. The summed E-state index contributed by atoms with van der Waals surface area (Å²) in [4.78, 5) is 32.6. The number of rotatable bonds is 2. The molecule has 2 N–H and O–H groups in total. The normalized spacial score (nSPS) is 15.0. The first-order valence-corrected chi connectivity index (χ1v) is 7.72. The Kier molecular flexibility index (Phi) is 3.30. The van der Waals surface area contributed by atoms with Crippen molar-refractivity contribution in [1.82, 2.24) is 15.3 Å². The number of anilines is 1. The maximum Gasteiger partial charge on any atom is 0.246 e. The predicted molar refractivity (Wildman–Crippen MR) is 91.6 cm³/mol. The summed E-state index contributed by atoms with van der Waals surface area (Å²) < 4.78 is 0. The Morgan fingerprint density at radius 1 is 1.21 bits per heavy atom. The van der Waals surface area contributed by atoms with Crippen LogP contribution < -0.4 is 10.2 Å². The van der Waals surface area contributed by atoms with Crippen molar-refractivity contribution < 1.29 is 9.59 Å². The molecule has 1 fully saturated rings. The second-order valence-electron chi connectivity index (χ2n) is 5.88. The molecule has 3 aromatic rings. The lowest BCUT2D eigenvalue weighted by molar-refractivity contribution is -0.128. The Hall–Kier alpha value is -3.15. The van der Waals surface area contributed by atoms with Crippen molar-refractivity contribution in [3.05, 3.63) is 48.4 Å². The summed E-state index contributed by atoms with van der Waals surface area (Å²) in [7, 11) is 0. The minimum atomic E-state index is -0.138. The molecule has 0 saturated carbocycles. The molecular formula is C18H16N4O2. The quantitative estimate of drug-likeness (QED) is 0.758. The summed E-state index contributed by atoms with van der Waals surface area (Å²) in [6.07, 6.45) is 5.55. The summed E-state index contributed by atoms with van der Waals surface area (Å²) in [5, 5.41) is 3.62. The molecule has 0 spiro atoms. The molecule has 2 amide bonds. The van der Waals surface area contributed by atoms with Crippen LogP contribution in [0.25, 0.3) is 22.0 Å². The summed E-state index contributed by atoms with van der Waals surface area (Å²) in [6, 6.07) is 7.84. The fourth-order valence-corrected chi connectivity index (χ4v) is 3.10. The number of hydrogen-bond donors (Lipinski definition) is 2. The number of benzene rings is 1. The molecule has 3 heterocycles. The highest BCUT2D eigenvalue weighted by Crippen LogP contribution is 2.31. The van der Waals surface area contributed by atoms with Gasteiger partial charge in [0.15, 0.2) is 0 Å². The van der Waals surface area contributed by atoms with E-state index in [0.717, 1.165) is 33.3 Å². The Bertz CT molecular complexity index is 961. The molecule has 0 radical (unpaired) electrons. The predicted octanol–water partition coefficient (Wildman–Crippen LogP) is 2.00. The van der Waals surface area contributed by atoms with Crippen LogP contribution in [0.1, 0.15) is 5.56 Å². The largest absolute Gasteiger partial charge is 0.360 e. The Morgan fingerprint density at radius 2 is 2.08 bits per heavy atom. The van der Waals surface area contributed by atoms with Gasteiger partial charge >= 0.3 is 0 Å². The fraction of sp³-hybridized carbons (Fsp3) is 0.167. The van der Waals surface area contributed by atoms with Crippen molar-refractivity contribution in [2.45, 2.75) is 6.92 Å². The molecule has 2 aromatic heterocycles. The monoisotopic (exact) mass is 320 g/mol. The van der Waals surface area contributed by atoms with E-state index in [9.17, 15) is 9.59 Å². The van der Waals surface area contributed by atoms with E-state index in [4.69, 9.17) is 0 Å². The number of nitrogens with zero attached hydrogens (tertiary/aromatic N) is 2. The van der Waals surface area contributed by atoms with Crippen LogP contribution in [-0.4, -0.2) is 34.9 Å². The highest BCUT2D eigenvalue weighted by molar-refractivity contribution is 6.05. The lowest BCUT2D eigenvalue weighted by atomic mass is 10.0. The number of piperazine rings is 1. The van der Waals surface area contributed by atoms with E-state index in [1.807, 2.05) is 43.6 Å². The molecule has 0 bridgehead atoms. The summed E-state index contributed by atoms with van der Waals surface area (Å²) in [5.41, 5.74) is 4.87. The van der Waals surface area contributed by atoms with Crippen LogP contribution in [0.5, 0.6) is 0 Å². The van der Waals surface area contributed by atoms with Gasteiger partial charge in [0.2, 0.25) is 11.8 Å². The molecule has 0 aliphatic carbocycles. The average Bonchev–Trinajstić information content (AvgIpc) is 3.01. The zero-order valence-electron chi connectivity index (χ0n) is 13.2. The van der Waals surface area contributed by atoms with Gasteiger partial charge in [-0.1, -0.05) is 6.07 Å². The van der Waals surface area contributed by atoms with E-state index < -0.39 is 0 Å². The second-order valence-corrected chi connectivity index (χ2v) is 5.88. The first-order chi connectivity index (χ1) is 11.6. The number of H-pyrrole nitrogens is 1. The number of hydrogen-bond acceptors (Lipinski definition) is 3. The Labute approximate surface area is 138 Å². The van der Waals surface area contributed by atoms with Crippen LogP contribution in [0.2, 0.25) is 0 Å². The van der Waals surface area contributed by atoms with Gasteiger partial charge in [-0.25, -0.2) is 0 Å². The molecule has 24 heavy (non-hydrogen) atoms. The van der Waals surface area contributed by atoms with Gasteiger partial charge in [-0.05, 0) is 36.2 Å². The zero-order chi connectivity index (χ0) is 16.7. The summed E-state index contributed by atoms with van der Waals surface area (Å²) in [5.74, 6) is -0.234. The Morgan fingerprint density at radius 3 is 2.92 bits per heavy atom. The van der Waals surface area contributed by atoms with E-state index in [1.54, 1.807) is 6.20 Å². The number of pyridine rings is 1. The van der Waals surface area contributed by atoms with Crippen molar-refractivity contribution in [1.29, 1.82) is 0 Å². The van der Waals surface area contributed by atoms with E-state index >= 15 is 0 Å². The number of carbonyl (C=O) groups is 2. The topological polar surface area (TPSA) is 78.1 Å². The number of carbonyl (C=O) groups excluding carboxylic acids is 2. The lowest BCUT2D eigenvalue weighted by Gasteiger charge is -2.28. The number of aromatic amines is 1. The van der Waals surface area contributed by atoms with Crippen molar-refractivity contribution >= 4 is 28.4 Å². The van der Waals surface area contributed by atoms with Gasteiger partial charge in [0.1, 0.15) is 6.54 Å². The third-order valence-electron chi connectivity index (χ3n) is 4.32. The van der Waals surface area contributed by atoms with Gasteiger partial charge in [-0.3, -0.25) is 14.6 Å². The van der Waals surface area contributed by atoms with Gasteiger partial charge in [-0.2, -0.15) is 0 Å². The van der Waals surface area contributed by atoms with E-state index in [-0.39, 0.29) is 24.9 Å². The number of aryl methyl sites for hydroxylation is 1. The molecular weight excluding hydrogens is 304 g/mol. The summed E-state index contributed by atoms with van der Waals surface area (Å²) >= 11 is 0. The number of nitrogens with one attached hydrogen (secondary N) is 2. The van der Waals surface area contributed by atoms with E-state index in [0.29, 0.717) is 0 Å². The highest BCUT2D eigenvalue weighted by atomic mass is 16.2. The minimum Gasteiger partial charge on any atom is -0.360 e. The first-order valence-electron chi connectivity index (χ1n) is 7.72. The number of fused-ring (bicyclic) bond motifs is 1. The standard InChI is InChI=1S/C18H16N4O2/c1-11-6-12(13-8-20-15-4-5-19-7-14(13)15)2-3-16(11)22-10-17(23)21-9-18(22)24/h2-8,20H,9-10H2,1H3,(H,21,23). The SMILES string of the molecule is Cc1cc(-c2c[nH]c3ccncc23)ccc1N1CC(=O)NCC1=O. The zero-order valence-corrected chi connectivity index (χ0v) is 13.2. The van der Waals surface area contributed by atoms with Gasteiger partial charge in [-0.15, -0.1) is 0 Å². The molecule has 120 valence electrons. The molecule has 0 atom stereocenters. The van der Waals surface area contributed by atoms with E-state index in [2.05, 4.69) is 15.3 Å². The van der Waals surface area contributed by atoms with Gasteiger partial charge in [0, 0.05) is 40.7 Å². The van der Waals surface area contributed by atoms with Crippen LogP contribution in [-0.2, 0) is 9.59 Å². The summed E-state index contributed by atoms with van der Waals surface area (Å²) in [6.45, 7) is 2.07. The highest BCUT2D eigenvalue weighted by Gasteiger charge is 2.25. The van der Waals surface area contributed by atoms with Crippen molar-refractivity contribution in [3.8, 4) is 11.1 Å². The van der Waals surface area contributed by atoms with Crippen LogP contribution in [0.3, 0.4) is 0 Å². The third kappa shape index (κ3) is 2.32. The molecule has 1 aliphatic rings. The average molecular weight is 320 g/mol. The van der Waals surface area contributed by atoms with Crippen molar-refractivity contribution in [2.24, 2.45) is 0 Å². The van der Waals surface area contributed by atoms with Crippen LogP contribution in [0.15, 0.2) is 42.9 Å². The Balaban J connectivity index is 1.74. The molecule has 1 aromatic carbocycles. The van der Waals surface area contributed by atoms with Crippen LogP contribution in [0, 0.1) is 6.92 Å². The third-order valence-corrected chi connectivity index (χ3v) is 4.32. The second kappa shape index (κ2) is 5.49. The molecule has 6 heteroatoms. The minimum absolute atomic E-state index is 0.0497. The van der Waals surface area contributed by atoms with Crippen molar-refractivity contribution in [2.75, 3.05) is 18.0 Å². The fourth-order valence-electron chi connectivity index (χ4n) is 3.10. The van der Waals surface area contributed by atoms with Crippen LogP contribution >= 0.6 is 0 Å². The number of aromatic nitrogens is 2. The molecule has 1 saturated heterocycles. The van der Waals surface area contributed by atoms with Crippen molar-refractivity contribution in [3.63, 3.8) is 0 Å². The molecule has 4 rings (SSSR count). The number of amides is 2. The maximum atomic E-state index is 12.1. The van der Waals surface area contributed by atoms with Gasteiger partial charge in [0.05, 0.1) is 6.54 Å². The molecule has 6 nitrogen and oxygen atoms in total. The van der Waals surface area contributed by atoms with E-state index in [1.165, 1.54) is 4.90 Å². The van der Waals surface area contributed by atoms with Crippen LogP contribution in [0.4, 0.5) is 5.69 Å². The lowest BCUT2D eigenvalue weighted by Crippen LogP contribution is -2.51. The van der Waals surface area contributed by atoms with Gasteiger partial charge in [0.25, 0.3) is 0 Å². The maximum absolute atomic E-state index is 12.1.